The number of aliphatic carboxylic acids is 1. The number of aromatic amines is 1. The Kier molecular flexibility index (Phi) is 7.09. The maximum Gasteiger partial charge on any atom is 0.314 e. The first-order valence-corrected chi connectivity index (χ1v) is 13.8. The second-order valence-corrected chi connectivity index (χ2v) is 11.0. The number of aromatic nitrogens is 2. The number of hydrogen-bond acceptors (Lipinski definition) is 5. The molecule has 7 nitrogen and oxygen atoms in total. The number of carboxylic acid groups (broad SMARTS) is 1. The van der Waals surface area contributed by atoms with Gasteiger partial charge in [-0.2, -0.15) is 0 Å². The zero-order valence-electron chi connectivity index (χ0n) is 22.3. The second-order valence-electron chi connectivity index (χ2n) is 10.5. The minimum absolute atomic E-state index is 0.538. The fourth-order valence-corrected chi connectivity index (χ4v) is 5.76. The Morgan fingerprint density at radius 3 is 2.67 bits per heavy atom. The zero-order valence-corrected chi connectivity index (χ0v) is 23.0. The molecule has 0 bridgehead atoms. The highest BCUT2D eigenvalue weighted by molar-refractivity contribution is 6.30. The number of allylic oxidation sites excluding steroid dienone is 1. The molecule has 0 saturated carbocycles. The van der Waals surface area contributed by atoms with Crippen LogP contribution in [0.3, 0.4) is 0 Å². The number of hydrogen-bond donors (Lipinski definition) is 2. The van der Waals surface area contributed by atoms with Gasteiger partial charge in [-0.15, -0.1) is 0 Å². The van der Waals surface area contributed by atoms with Crippen LogP contribution in [0.1, 0.15) is 12.5 Å². The van der Waals surface area contributed by atoms with Gasteiger partial charge in [0, 0.05) is 55.0 Å². The molecule has 2 aromatic heterocycles. The first kappa shape index (κ1) is 26.2. The maximum absolute atomic E-state index is 12.2. The van der Waals surface area contributed by atoms with E-state index in [-0.39, 0.29) is 0 Å². The number of fused-ring (bicyclic) bond motifs is 1. The molecule has 1 fully saturated rings. The summed E-state index contributed by atoms with van der Waals surface area (Å²) < 4.78 is 6.35. The quantitative estimate of drug-likeness (QED) is 0.292. The number of nitrogens with zero attached hydrogens (tertiary/aromatic N) is 3. The molecule has 0 spiro atoms. The summed E-state index contributed by atoms with van der Waals surface area (Å²) in [5.41, 5.74) is 4.36. The molecule has 8 heteroatoms. The van der Waals surface area contributed by atoms with Crippen molar-refractivity contribution in [2.24, 2.45) is 5.92 Å². The van der Waals surface area contributed by atoms with Crippen LogP contribution in [0.25, 0.3) is 22.2 Å². The minimum Gasteiger partial charge on any atom is -0.481 e. The second kappa shape index (κ2) is 10.8. The molecule has 1 saturated heterocycles. The topological polar surface area (TPSA) is 81.7 Å². The average molecular weight is 555 g/mol. The van der Waals surface area contributed by atoms with E-state index in [0.717, 1.165) is 60.0 Å². The Labute approximate surface area is 238 Å². The third kappa shape index (κ3) is 5.35. The van der Waals surface area contributed by atoms with Crippen molar-refractivity contribution < 1.29 is 14.6 Å². The van der Waals surface area contributed by atoms with Gasteiger partial charge in [-0.05, 0) is 60.0 Å². The molecule has 2 unspecified atom stereocenters. The van der Waals surface area contributed by atoms with Crippen LogP contribution in [-0.4, -0.2) is 62.6 Å². The van der Waals surface area contributed by atoms with Gasteiger partial charge in [-0.1, -0.05) is 54.1 Å². The van der Waals surface area contributed by atoms with E-state index in [1.165, 1.54) is 11.1 Å². The molecule has 0 radical (unpaired) electrons. The highest BCUT2D eigenvalue weighted by Gasteiger charge is 2.41. The molecule has 4 aromatic rings. The Balaban J connectivity index is 1.16. The Morgan fingerprint density at radius 1 is 1.12 bits per heavy atom. The summed E-state index contributed by atoms with van der Waals surface area (Å²) >= 11 is 6.11. The first-order valence-electron chi connectivity index (χ1n) is 13.5. The molecule has 1 aliphatic heterocycles. The summed E-state index contributed by atoms with van der Waals surface area (Å²) in [6, 6.07) is 20.3. The lowest BCUT2D eigenvalue weighted by molar-refractivity contribution is -0.144. The summed E-state index contributed by atoms with van der Waals surface area (Å²) in [7, 11) is 0. The van der Waals surface area contributed by atoms with Crippen LogP contribution in [0.2, 0.25) is 5.02 Å². The van der Waals surface area contributed by atoms with Gasteiger partial charge in [0.2, 0.25) is 0 Å². The van der Waals surface area contributed by atoms with Crippen molar-refractivity contribution in [2.75, 3.05) is 26.2 Å². The van der Waals surface area contributed by atoms with Gasteiger partial charge in [-0.3, -0.25) is 9.69 Å². The van der Waals surface area contributed by atoms with E-state index >= 15 is 0 Å². The molecule has 0 amide bonds. The third-order valence-corrected chi connectivity index (χ3v) is 8.05. The van der Waals surface area contributed by atoms with E-state index in [4.69, 9.17) is 16.3 Å². The monoisotopic (exact) mass is 554 g/mol. The van der Waals surface area contributed by atoms with Gasteiger partial charge in [0.05, 0.1) is 6.20 Å². The van der Waals surface area contributed by atoms with Gasteiger partial charge >= 0.3 is 5.97 Å². The Bertz CT molecular complexity index is 1590. The molecule has 2 atom stereocenters. The molecule has 3 heterocycles. The summed E-state index contributed by atoms with van der Waals surface area (Å²) in [6.45, 7) is 6.16. The normalized spacial score (nSPS) is 21.4. The van der Waals surface area contributed by atoms with Crippen molar-refractivity contribution in [1.29, 1.82) is 0 Å². The van der Waals surface area contributed by atoms with E-state index in [1.807, 2.05) is 49.5 Å². The van der Waals surface area contributed by atoms with Crippen LogP contribution in [0.5, 0.6) is 5.75 Å². The maximum atomic E-state index is 12.2. The van der Waals surface area contributed by atoms with Crippen molar-refractivity contribution in [1.82, 2.24) is 19.8 Å². The molecule has 6 rings (SSSR count). The highest BCUT2D eigenvalue weighted by atomic mass is 35.5. The van der Waals surface area contributed by atoms with Crippen molar-refractivity contribution >= 4 is 28.6 Å². The lowest BCUT2D eigenvalue weighted by Gasteiger charge is -2.41. The summed E-state index contributed by atoms with van der Waals surface area (Å²) in [5, 5.41) is 11.6. The lowest BCUT2D eigenvalue weighted by Crippen LogP contribution is -2.48. The van der Waals surface area contributed by atoms with Crippen molar-refractivity contribution in [2.45, 2.75) is 19.1 Å². The number of nitrogens with one attached hydrogen (secondary N) is 1. The van der Waals surface area contributed by atoms with E-state index in [1.54, 1.807) is 12.3 Å². The molecular weight excluding hydrogens is 524 g/mol. The molecule has 2 aromatic carbocycles. The SMILES string of the molecule is CC1(Oc2cnc3[nH]ccc3c2)C=C(N2CCN(Cc3ccccc3-c3ccc(Cl)cc3)CC2)C=CC1C(=O)O. The highest BCUT2D eigenvalue weighted by Crippen LogP contribution is 2.35. The molecular formula is C32H31ClN4O3. The number of H-pyrrole nitrogens is 1. The fourth-order valence-electron chi connectivity index (χ4n) is 5.64. The van der Waals surface area contributed by atoms with Gasteiger partial charge in [0.25, 0.3) is 0 Å². The number of carbonyl (C=O) groups is 1. The molecule has 2 aliphatic rings. The standard InChI is InChI=1S/C32H31ClN4O3/c1-32(40-27-18-23-12-13-34-30(23)35-20-27)19-26(10-11-29(32)31(38)39)37-16-14-36(15-17-37)21-24-4-2-3-5-28(24)22-6-8-25(33)9-7-22/h2-13,18-20,29H,14-17,21H2,1H3,(H,34,35)(H,38,39). The number of ether oxygens (including phenoxy) is 1. The smallest absolute Gasteiger partial charge is 0.314 e. The summed E-state index contributed by atoms with van der Waals surface area (Å²) in [5.74, 6) is -1.20. The average Bonchev–Trinajstić information content (AvgIpc) is 3.42. The van der Waals surface area contributed by atoms with Gasteiger partial charge in [0.15, 0.2) is 0 Å². The number of piperazine rings is 1. The predicted octanol–water partition coefficient (Wildman–Crippen LogP) is 5.99. The first-order chi connectivity index (χ1) is 19.4. The van der Waals surface area contributed by atoms with E-state index < -0.39 is 17.5 Å². The molecule has 2 N–H and O–H groups in total. The van der Waals surface area contributed by atoms with Crippen LogP contribution < -0.4 is 4.74 Å². The molecule has 1 aliphatic carbocycles. The van der Waals surface area contributed by atoms with Crippen LogP contribution in [0.15, 0.2) is 97.0 Å². The number of benzene rings is 2. The summed E-state index contributed by atoms with van der Waals surface area (Å²) in [4.78, 5) is 24.4. The number of carboxylic acids is 1. The van der Waals surface area contributed by atoms with Gasteiger partial charge in [0.1, 0.15) is 22.9 Å². The third-order valence-electron chi connectivity index (χ3n) is 7.79. The van der Waals surface area contributed by atoms with Crippen molar-refractivity contribution in [3.05, 3.63) is 108 Å². The van der Waals surface area contributed by atoms with E-state index in [2.05, 4.69) is 56.2 Å². The number of halogens is 1. The van der Waals surface area contributed by atoms with Gasteiger partial charge < -0.3 is 19.7 Å². The largest absolute Gasteiger partial charge is 0.481 e. The summed E-state index contributed by atoms with van der Waals surface area (Å²) in [6.07, 6.45) is 9.08. The molecule has 40 heavy (non-hydrogen) atoms. The number of pyridine rings is 1. The van der Waals surface area contributed by atoms with Crippen LogP contribution >= 0.6 is 11.6 Å². The van der Waals surface area contributed by atoms with E-state index in [9.17, 15) is 9.90 Å². The molecule has 204 valence electrons. The minimum atomic E-state index is -1.06. The van der Waals surface area contributed by atoms with Crippen LogP contribution in [-0.2, 0) is 11.3 Å². The predicted molar refractivity (Wildman–Crippen MR) is 157 cm³/mol. The fraction of sp³-hybridized carbons (Fsp3) is 0.250. The van der Waals surface area contributed by atoms with Gasteiger partial charge in [-0.25, -0.2) is 4.98 Å². The number of rotatable bonds is 7. The van der Waals surface area contributed by atoms with Crippen LogP contribution in [0, 0.1) is 5.92 Å². The van der Waals surface area contributed by atoms with Crippen molar-refractivity contribution in [3.63, 3.8) is 0 Å². The Hall–Kier alpha value is -4.07. The van der Waals surface area contributed by atoms with E-state index in [0.29, 0.717) is 5.75 Å². The van der Waals surface area contributed by atoms with Crippen molar-refractivity contribution in [3.8, 4) is 16.9 Å². The zero-order chi connectivity index (χ0) is 27.7. The van der Waals surface area contributed by atoms with Crippen LogP contribution in [0.4, 0.5) is 0 Å². The lowest BCUT2D eigenvalue weighted by atomic mass is 9.83. The Morgan fingerprint density at radius 2 is 1.90 bits per heavy atom.